The Labute approximate surface area is 94.6 Å². The van der Waals surface area contributed by atoms with Gasteiger partial charge in [-0.3, -0.25) is 4.79 Å². The summed E-state index contributed by atoms with van der Waals surface area (Å²) in [6, 6.07) is 0.488. The zero-order valence-electron chi connectivity index (χ0n) is 9.62. The van der Waals surface area contributed by atoms with Crippen LogP contribution in [0.15, 0.2) is 10.8 Å². The smallest absolute Gasteiger partial charge is 0.273 e. The normalized spacial score (nSPS) is 25.4. The van der Waals surface area contributed by atoms with Gasteiger partial charge >= 0.3 is 0 Å². The maximum atomic E-state index is 11.9. The molecule has 1 aliphatic heterocycles. The summed E-state index contributed by atoms with van der Waals surface area (Å²) in [6.45, 7) is 4.85. The van der Waals surface area contributed by atoms with E-state index in [4.69, 9.17) is 4.42 Å². The number of aromatic nitrogens is 1. The molecule has 0 aromatic carbocycles. The van der Waals surface area contributed by atoms with Crippen molar-refractivity contribution in [2.24, 2.45) is 0 Å². The Balaban J connectivity index is 1.99. The highest BCUT2D eigenvalue weighted by molar-refractivity contribution is 5.93. The van der Waals surface area contributed by atoms with Crippen molar-refractivity contribution in [2.75, 3.05) is 6.54 Å². The van der Waals surface area contributed by atoms with Gasteiger partial charge in [-0.2, -0.15) is 0 Å². The van der Waals surface area contributed by atoms with E-state index in [-0.39, 0.29) is 11.9 Å². The Hall–Kier alpha value is -1.36. The molecule has 2 N–H and O–H groups in total. The molecule has 2 unspecified atom stereocenters. The summed E-state index contributed by atoms with van der Waals surface area (Å²) in [6.07, 6.45) is 3.40. The van der Waals surface area contributed by atoms with Gasteiger partial charge in [-0.25, -0.2) is 4.98 Å². The minimum Gasteiger partial charge on any atom is -0.448 e. The van der Waals surface area contributed by atoms with E-state index in [0.29, 0.717) is 17.5 Å². The third-order valence-electron chi connectivity index (χ3n) is 3.04. The number of rotatable bonds is 2. The summed E-state index contributed by atoms with van der Waals surface area (Å²) in [5.41, 5.74) is 0.387. The maximum Gasteiger partial charge on any atom is 0.273 e. The number of carbonyl (C=O) groups is 1. The Kier molecular flexibility index (Phi) is 3.24. The van der Waals surface area contributed by atoms with E-state index in [1.54, 1.807) is 6.92 Å². The number of oxazole rings is 1. The topological polar surface area (TPSA) is 67.2 Å². The first-order valence-electron chi connectivity index (χ1n) is 5.63. The molecular formula is C11H17N3O2. The number of carbonyl (C=O) groups excluding carboxylic acids is 1. The summed E-state index contributed by atoms with van der Waals surface area (Å²) in [5, 5.41) is 6.33. The Morgan fingerprint density at radius 3 is 3.12 bits per heavy atom. The van der Waals surface area contributed by atoms with Crippen LogP contribution in [0.5, 0.6) is 0 Å². The molecule has 0 aliphatic carbocycles. The number of nitrogens with one attached hydrogen (secondary N) is 2. The highest BCUT2D eigenvalue weighted by Crippen LogP contribution is 2.10. The lowest BCUT2D eigenvalue weighted by Gasteiger charge is -2.30. The van der Waals surface area contributed by atoms with Gasteiger partial charge in [-0.1, -0.05) is 0 Å². The van der Waals surface area contributed by atoms with Crippen molar-refractivity contribution in [1.82, 2.24) is 15.6 Å². The predicted octanol–water partition coefficient (Wildman–Crippen LogP) is 0.853. The van der Waals surface area contributed by atoms with Crippen LogP contribution >= 0.6 is 0 Å². The van der Waals surface area contributed by atoms with Crippen LogP contribution in [0.25, 0.3) is 0 Å². The third-order valence-corrected chi connectivity index (χ3v) is 3.04. The number of hydrogen-bond acceptors (Lipinski definition) is 4. The van der Waals surface area contributed by atoms with Crippen LogP contribution in [0.3, 0.4) is 0 Å². The lowest BCUT2D eigenvalue weighted by Crippen LogP contribution is -2.52. The molecule has 1 amide bonds. The number of hydrogen-bond donors (Lipinski definition) is 2. The van der Waals surface area contributed by atoms with E-state index >= 15 is 0 Å². The molecule has 88 valence electrons. The van der Waals surface area contributed by atoms with Crippen LogP contribution in [-0.4, -0.2) is 29.5 Å². The first-order valence-corrected chi connectivity index (χ1v) is 5.63. The third kappa shape index (κ3) is 2.24. The molecule has 1 aromatic rings. The molecule has 2 atom stereocenters. The van der Waals surface area contributed by atoms with Gasteiger partial charge in [0.05, 0.1) is 0 Å². The Morgan fingerprint density at radius 2 is 2.50 bits per heavy atom. The highest BCUT2D eigenvalue weighted by atomic mass is 16.3. The minimum atomic E-state index is -0.146. The van der Waals surface area contributed by atoms with Crippen molar-refractivity contribution in [3.05, 3.63) is 17.8 Å². The van der Waals surface area contributed by atoms with Crippen molar-refractivity contribution < 1.29 is 9.21 Å². The molecule has 2 heterocycles. The second kappa shape index (κ2) is 4.65. The number of amides is 1. The molecule has 1 aliphatic rings. The molecule has 5 heteroatoms. The summed E-state index contributed by atoms with van der Waals surface area (Å²) < 4.78 is 5.01. The van der Waals surface area contributed by atoms with E-state index < -0.39 is 0 Å². The van der Waals surface area contributed by atoms with Gasteiger partial charge in [0.25, 0.3) is 5.91 Å². The largest absolute Gasteiger partial charge is 0.448 e. The standard InChI is InChI=1S/C11H17N3O2/c1-7-9(4-3-5-12-7)14-11(15)10-8(2)16-6-13-10/h6-7,9,12H,3-5H2,1-2H3,(H,14,15). The van der Waals surface area contributed by atoms with Gasteiger partial charge in [0.1, 0.15) is 5.76 Å². The monoisotopic (exact) mass is 223 g/mol. The molecule has 5 nitrogen and oxygen atoms in total. The van der Waals surface area contributed by atoms with Crippen molar-refractivity contribution in [3.8, 4) is 0 Å². The van der Waals surface area contributed by atoms with Gasteiger partial charge in [0.2, 0.25) is 0 Å². The van der Waals surface area contributed by atoms with E-state index in [9.17, 15) is 4.79 Å². The molecule has 0 bridgehead atoms. The molecule has 1 aromatic heterocycles. The van der Waals surface area contributed by atoms with E-state index in [1.165, 1.54) is 6.39 Å². The first kappa shape index (κ1) is 11.1. The molecule has 0 radical (unpaired) electrons. The summed E-state index contributed by atoms with van der Waals surface area (Å²) in [4.78, 5) is 15.8. The van der Waals surface area contributed by atoms with Crippen LogP contribution < -0.4 is 10.6 Å². The highest BCUT2D eigenvalue weighted by Gasteiger charge is 2.24. The second-order valence-electron chi connectivity index (χ2n) is 4.22. The lowest BCUT2D eigenvalue weighted by molar-refractivity contribution is 0.0914. The van der Waals surface area contributed by atoms with Crippen molar-refractivity contribution >= 4 is 5.91 Å². The molecule has 1 fully saturated rings. The van der Waals surface area contributed by atoms with Crippen LogP contribution in [0.2, 0.25) is 0 Å². The zero-order valence-corrected chi connectivity index (χ0v) is 9.62. The molecular weight excluding hydrogens is 206 g/mol. The summed E-state index contributed by atoms with van der Waals surface area (Å²) >= 11 is 0. The summed E-state index contributed by atoms with van der Waals surface area (Å²) in [5.74, 6) is 0.417. The van der Waals surface area contributed by atoms with Gasteiger partial charge in [-0.15, -0.1) is 0 Å². The Morgan fingerprint density at radius 1 is 1.69 bits per heavy atom. The van der Waals surface area contributed by atoms with E-state index in [2.05, 4.69) is 22.5 Å². The average Bonchev–Trinajstić information content (AvgIpc) is 2.68. The SMILES string of the molecule is Cc1ocnc1C(=O)NC1CCCNC1C. The molecule has 0 saturated carbocycles. The van der Waals surface area contributed by atoms with E-state index in [1.807, 2.05) is 0 Å². The molecule has 0 spiro atoms. The quantitative estimate of drug-likeness (QED) is 0.780. The van der Waals surface area contributed by atoms with Crippen molar-refractivity contribution in [2.45, 2.75) is 38.8 Å². The maximum absolute atomic E-state index is 11.9. The first-order chi connectivity index (χ1) is 7.68. The van der Waals surface area contributed by atoms with Crippen LogP contribution in [0.1, 0.15) is 36.0 Å². The number of nitrogens with zero attached hydrogens (tertiary/aromatic N) is 1. The fourth-order valence-electron chi connectivity index (χ4n) is 2.00. The van der Waals surface area contributed by atoms with Crippen molar-refractivity contribution in [3.63, 3.8) is 0 Å². The minimum absolute atomic E-state index is 0.146. The average molecular weight is 223 g/mol. The van der Waals surface area contributed by atoms with Gasteiger partial charge in [0, 0.05) is 12.1 Å². The van der Waals surface area contributed by atoms with Gasteiger partial charge < -0.3 is 15.1 Å². The lowest BCUT2D eigenvalue weighted by atomic mass is 10.00. The van der Waals surface area contributed by atoms with Gasteiger partial charge in [-0.05, 0) is 33.2 Å². The Bertz CT molecular complexity index is 375. The van der Waals surface area contributed by atoms with E-state index in [0.717, 1.165) is 19.4 Å². The van der Waals surface area contributed by atoms with Gasteiger partial charge in [0.15, 0.2) is 12.1 Å². The number of piperidine rings is 1. The predicted molar refractivity (Wildman–Crippen MR) is 59.2 cm³/mol. The van der Waals surface area contributed by atoms with Crippen LogP contribution in [0.4, 0.5) is 0 Å². The molecule has 1 saturated heterocycles. The molecule has 16 heavy (non-hydrogen) atoms. The fourth-order valence-corrected chi connectivity index (χ4v) is 2.00. The van der Waals surface area contributed by atoms with Crippen LogP contribution in [-0.2, 0) is 0 Å². The molecule has 2 rings (SSSR count). The second-order valence-corrected chi connectivity index (χ2v) is 4.22. The number of aryl methyl sites for hydroxylation is 1. The van der Waals surface area contributed by atoms with Crippen LogP contribution in [0, 0.1) is 6.92 Å². The zero-order chi connectivity index (χ0) is 11.5. The fraction of sp³-hybridized carbons (Fsp3) is 0.636. The van der Waals surface area contributed by atoms with Crippen molar-refractivity contribution in [1.29, 1.82) is 0 Å². The summed E-state index contributed by atoms with van der Waals surface area (Å²) in [7, 11) is 0.